The lowest BCUT2D eigenvalue weighted by Crippen LogP contribution is -2.35. The minimum absolute atomic E-state index is 0.304. The largest absolute Gasteiger partial charge is 0.479 e. The molecule has 0 unspecified atom stereocenters. The molecule has 2 heterocycles. The van der Waals surface area contributed by atoms with Crippen LogP contribution in [0.5, 0.6) is 0 Å². The van der Waals surface area contributed by atoms with Crippen LogP contribution in [0.15, 0.2) is 12.1 Å². The van der Waals surface area contributed by atoms with Gasteiger partial charge in [0.15, 0.2) is 6.10 Å². The van der Waals surface area contributed by atoms with Crippen LogP contribution in [-0.2, 0) is 14.3 Å². The fraction of sp³-hybridized carbons (Fsp3) is 0.500. The molecule has 1 saturated heterocycles. The van der Waals surface area contributed by atoms with Gasteiger partial charge >= 0.3 is 5.97 Å². The van der Waals surface area contributed by atoms with Crippen molar-refractivity contribution in [3.63, 3.8) is 0 Å². The lowest BCUT2D eigenvalue weighted by Gasteiger charge is -2.15. The van der Waals surface area contributed by atoms with Crippen LogP contribution in [0.25, 0.3) is 0 Å². The van der Waals surface area contributed by atoms with Crippen molar-refractivity contribution in [3.8, 4) is 0 Å². The highest BCUT2D eigenvalue weighted by Gasteiger charge is 2.34. The van der Waals surface area contributed by atoms with E-state index in [-0.39, 0.29) is 5.91 Å². The molecule has 1 amide bonds. The number of carbonyl (C=O) groups is 2. The Labute approximate surface area is 105 Å². The molecule has 0 saturated carbocycles. The number of aryl methyl sites for hydroxylation is 2. The highest BCUT2D eigenvalue weighted by molar-refractivity contribution is 5.89. The number of hydrogen-bond acceptors (Lipinski definition) is 3. The van der Waals surface area contributed by atoms with E-state index in [9.17, 15) is 9.59 Å². The number of carboxylic acids is 1. The Bertz CT molecular complexity index is 461. The van der Waals surface area contributed by atoms with Crippen LogP contribution in [0.2, 0.25) is 0 Å². The molecule has 2 N–H and O–H groups in total. The van der Waals surface area contributed by atoms with Gasteiger partial charge in [-0.3, -0.25) is 14.9 Å². The minimum atomic E-state index is -1.02. The van der Waals surface area contributed by atoms with Crippen molar-refractivity contribution >= 4 is 11.9 Å². The summed E-state index contributed by atoms with van der Waals surface area (Å²) in [6.45, 7) is 3.76. The third-order valence-electron chi connectivity index (χ3n) is 3.08. The molecule has 0 radical (unpaired) electrons. The van der Waals surface area contributed by atoms with Gasteiger partial charge in [0.2, 0.25) is 0 Å². The monoisotopic (exact) mass is 252 g/mol. The predicted octanol–water partition coefficient (Wildman–Crippen LogP) is 0.807. The number of carbonyl (C=O) groups excluding carboxylic acids is 1. The van der Waals surface area contributed by atoms with E-state index in [0.717, 1.165) is 11.4 Å². The Morgan fingerprint density at radius 1 is 1.28 bits per heavy atom. The zero-order valence-electron chi connectivity index (χ0n) is 10.3. The average molecular weight is 252 g/mol. The van der Waals surface area contributed by atoms with E-state index in [1.165, 1.54) is 0 Å². The van der Waals surface area contributed by atoms with E-state index in [4.69, 9.17) is 9.84 Å². The van der Waals surface area contributed by atoms with Crippen LogP contribution < -0.4 is 5.43 Å². The Morgan fingerprint density at radius 3 is 2.33 bits per heavy atom. The van der Waals surface area contributed by atoms with Gasteiger partial charge in [0.1, 0.15) is 6.10 Å². The van der Waals surface area contributed by atoms with Gasteiger partial charge in [0.05, 0.1) is 0 Å². The van der Waals surface area contributed by atoms with Crippen molar-refractivity contribution in [2.45, 2.75) is 38.9 Å². The summed E-state index contributed by atoms with van der Waals surface area (Å²) in [7, 11) is 0. The molecule has 0 spiro atoms. The van der Waals surface area contributed by atoms with Gasteiger partial charge < -0.3 is 9.84 Å². The number of rotatable bonds is 3. The van der Waals surface area contributed by atoms with Crippen LogP contribution >= 0.6 is 0 Å². The standard InChI is InChI=1S/C12H16N2O4/c1-7-3-4-8(2)14(7)13-11(15)9-5-6-10(18-9)12(16)17/h3-4,9-10H,5-6H2,1-2H3,(H,13,15)(H,16,17)/t9-,10+/m0/s1. The maximum Gasteiger partial charge on any atom is 0.332 e. The molecule has 0 bridgehead atoms. The average Bonchev–Trinajstić information content (AvgIpc) is 2.91. The van der Waals surface area contributed by atoms with Gasteiger partial charge in [-0.1, -0.05) is 0 Å². The van der Waals surface area contributed by atoms with Crippen LogP contribution in [0.4, 0.5) is 0 Å². The number of hydrogen-bond donors (Lipinski definition) is 2. The molecule has 1 aliphatic rings. The van der Waals surface area contributed by atoms with Crippen molar-refractivity contribution in [1.82, 2.24) is 4.68 Å². The quantitative estimate of drug-likeness (QED) is 0.834. The first kappa shape index (κ1) is 12.6. The molecule has 98 valence electrons. The fourth-order valence-corrected chi connectivity index (χ4v) is 2.04. The summed E-state index contributed by atoms with van der Waals surface area (Å²) in [5.74, 6) is -1.32. The lowest BCUT2D eigenvalue weighted by atomic mass is 10.2. The smallest absolute Gasteiger partial charge is 0.332 e. The summed E-state index contributed by atoms with van der Waals surface area (Å²) in [4.78, 5) is 22.7. The van der Waals surface area contributed by atoms with Crippen molar-refractivity contribution in [2.24, 2.45) is 0 Å². The lowest BCUT2D eigenvalue weighted by molar-refractivity contribution is -0.151. The first-order valence-electron chi connectivity index (χ1n) is 5.83. The van der Waals surface area contributed by atoms with Crippen molar-refractivity contribution in [3.05, 3.63) is 23.5 Å². The van der Waals surface area contributed by atoms with E-state index in [1.807, 2.05) is 26.0 Å². The topological polar surface area (TPSA) is 80.6 Å². The zero-order valence-corrected chi connectivity index (χ0v) is 10.3. The van der Waals surface area contributed by atoms with Crippen molar-refractivity contribution in [2.75, 3.05) is 5.43 Å². The SMILES string of the molecule is Cc1ccc(C)n1NC(=O)[C@@H]1CC[C@H](C(=O)O)O1. The third-order valence-corrected chi connectivity index (χ3v) is 3.08. The summed E-state index contributed by atoms with van der Waals surface area (Å²) in [5, 5.41) is 8.80. The van der Waals surface area contributed by atoms with E-state index < -0.39 is 18.2 Å². The number of ether oxygens (including phenoxy) is 1. The fourth-order valence-electron chi connectivity index (χ4n) is 2.04. The Balaban J connectivity index is 2.00. The third kappa shape index (κ3) is 2.38. The van der Waals surface area contributed by atoms with Crippen molar-refractivity contribution in [1.29, 1.82) is 0 Å². The molecule has 6 heteroatoms. The number of nitrogens with one attached hydrogen (secondary N) is 1. The molecule has 2 rings (SSSR count). The summed E-state index contributed by atoms with van der Waals surface area (Å²) in [6, 6.07) is 3.79. The summed E-state index contributed by atoms with van der Waals surface area (Å²) in [5.41, 5.74) is 4.54. The number of carboxylic acid groups (broad SMARTS) is 1. The molecule has 1 fully saturated rings. The molecule has 6 nitrogen and oxygen atoms in total. The van der Waals surface area contributed by atoms with E-state index in [2.05, 4.69) is 5.43 Å². The zero-order chi connectivity index (χ0) is 13.3. The Morgan fingerprint density at radius 2 is 1.83 bits per heavy atom. The molecule has 1 aromatic rings. The van der Waals surface area contributed by atoms with E-state index in [0.29, 0.717) is 12.8 Å². The van der Waals surface area contributed by atoms with Gasteiger partial charge in [-0.2, -0.15) is 0 Å². The Kier molecular flexibility index (Phi) is 3.38. The molecule has 2 atom stereocenters. The first-order chi connectivity index (χ1) is 8.49. The first-order valence-corrected chi connectivity index (χ1v) is 5.83. The molecular weight excluding hydrogens is 236 g/mol. The number of nitrogens with zero attached hydrogens (tertiary/aromatic N) is 1. The van der Waals surface area contributed by atoms with Crippen LogP contribution in [-0.4, -0.2) is 33.9 Å². The highest BCUT2D eigenvalue weighted by Crippen LogP contribution is 2.20. The molecule has 1 aliphatic heterocycles. The second-order valence-corrected chi connectivity index (χ2v) is 4.46. The maximum absolute atomic E-state index is 11.9. The van der Waals surface area contributed by atoms with Gasteiger partial charge in [-0.05, 0) is 38.8 Å². The normalized spacial score (nSPS) is 23.0. The molecule has 18 heavy (non-hydrogen) atoms. The van der Waals surface area contributed by atoms with Gasteiger partial charge in [0.25, 0.3) is 5.91 Å². The minimum Gasteiger partial charge on any atom is -0.479 e. The highest BCUT2D eigenvalue weighted by atomic mass is 16.5. The van der Waals surface area contributed by atoms with Gasteiger partial charge in [-0.15, -0.1) is 0 Å². The second-order valence-electron chi connectivity index (χ2n) is 4.46. The molecular formula is C12H16N2O4. The van der Waals surface area contributed by atoms with Crippen LogP contribution in [0, 0.1) is 13.8 Å². The number of amides is 1. The van der Waals surface area contributed by atoms with Gasteiger partial charge in [-0.25, -0.2) is 4.79 Å². The second kappa shape index (κ2) is 4.81. The van der Waals surface area contributed by atoms with Crippen molar-refractivity contribution < 1.29 is 19.4 Å². The summed E-state index contributed by atoms with van der Waals surface area (Å²) in [6.07, 6.45) is -0.751. The molecule has 1 aromatic heterocycles. The number of aromatic nitrogens is 1. The molecule has 0 aromatic carbocycles. The van der Waals surface area contributed by atoms with E-state index in [1.54, 1.807) is 4.68 Å². The van der Waals surface area contributed by atoms with Crippen LogP contribution in [0.3, 0.4) is 0 Å². The Hall–Kier alpha value is -1.82. The summed E-state index contributed by atoms with van der Waals surface area (Å²) >= 11 is 0. The predicted molar refractivity (Wildman–Crippen MR) is 63.8 cm³/mol. The van der Waals surface area contributed by atoms with Gasteiger partial charge in [0, 0.05) is 11.4 Å². The molecule has 0 aliphatic carbocycles. The maximum atomic E-state index is 11.9. The number of aliphatic carboxylic acids is 1. The van der Waals surface area contributed by atoms with Crippen LogP contribution in [0.1, 0.15) is 24.2 Å². The van der Waals surface area contributed by atoms with E-state index >= 15 is 0 Å². The summed E-state index contributed by atoms with van der Waals surface area (Å²) < 4.78 is 6.85.